The molecule has 5 rings (SSSR count). The fraction of sp³-hybridized carbons (Fsp3) is 0.903. The zero-order valence-electron chi connectivity index (χ0n) is 26.0. The summed E-state index contributed by atoms with van der Waals surface area (Å²) in [5.74, 6) is -1.97. The van der Waals surface area contributed by atoms with Crippen LogP contribution in [0, 0.1) is 34.5 Å². The van der Waals surface area contributed by atoms with Gasteiger partial charge in [-0.3, -0.25) is 14.4 Å². The summed E-state index contributed by atoms with van der Waals surface area (Å²) in [6, 6.07) is 0. The molecule has 2 aliphatic carbocycles. The van der Waals surface area contributed by atoms with Crippen molar-refractivity contribution in [1.82, 2.24) is 0 Å². The van der Waals surface area contributed by atoms with Gasteiger partial charge in [-0.05, 0) is 44.4 Å². The minimum atomic E-state index is -1.21. The minimum Gasteiger partial charge on any atom is -0.465 e. The lowest BCUT2D eigenvalue weighted by Gasteiger charge is -2.65. The number of hydrogen-bond donors (Lipinski definition) is 1. The molecule has 5 fully saturated rings. The Morgan fingerprint density at radius 1 is 1.02 bits per heavy atom. The predicted octanol–water partition coefficient (Wildman–Crippen LogP) is 3.14. The predicted molar refractivity (Wildman–Crippen MR) is 147 cm³/mol. The molecule has 0 aromatic carbocycles. The number of rotatable bonds is 9. The normalized spacial score (nSPS) is 46.4. The molecular weight excluding hydrogens is 548 g/mol. The van der Waals surface area contributed by atoms with E-state index < -0.39 is 58.9 Å². The molecule has 3 heterocycles. The van der Waals surface area contributed by atoms with Gasteiger partial charge in [0.15, 0.2) is 18.7 Å². The molecule has 238 valence electrons. The summed E-state index contributed by atoms with van der Waals surface area (Å²) in [6.07, 6.45) is -0.956. The average Bonchev–Trinajstić information content (AvgIpc) is 3.48. The molecule has 5 aliphatic rings. The first kappa shape index (κ1) is 31.6. The van der Waals surface area contributed by atoms with E-state index in [0.717, 1.165) is 12.8 Å². The van der Waals surface area contributed by atoms with Crippen molar-refractivity contribution in [3.05, 3.63) is 0 Å². The summed E-state index contributed by atoms with van der Waals surface area (Å²) in [5, 5.41) is 11.7. The van der Waals surface area contributed by atoms with Crippen LogP contribution in [0.2, 0.25) is 0 Å². The van der Waals surface area contributed by atoms with Crippen LogP contribution in [0.5, 0.6) is 0 Å². The topological polar surface area (TPSA) is 139 Å². The highest BCUT2D eigenvalue weighted by atomic mass is 16.8. The fourth-order valence-electron chi connectivity index (χ4n) is 8.62. The third-order valence-corrected chi connectivity index (χ3v) is 11.2. The van der Waals surface area contributed by atoms with Gasteiger partial charge in [0.1, 0.15) is 18.3 Å². The van der Waals surface area contributed by atoms with Gasteiger partial charge in [-0.1, -0.05) is 27.7 Å². The number of esters is 3. The second-order valence-corrected chi connectivity index (χ2v) is 13.4. The van der Waals surface area contributed by atoms with E-state index in [-0.39, 0.29) is 55.7 Å². The number of epoxide rings is 1. The first-order valence-corrected chi connectivity index (χ1v) is 15.6. The van der Waals surface area contributed by atoms with Crippen LogP contribution in [0.3, 0.4) is 0 Å². The van der Waals surface area contributed by atoms with Crippen LogP contribution in [0.25, 0.3) is 0 Å². The van der Waals surface area contributed by atoms with Crippen molar-refractivity contribution < 1.29 is 52.6 Å². The molecule has 13 unspecified atom stereocenters. The Labute approximate surface area is 248 Å². The van der Waals surface area contributed by atoms with Gasteiger partial charge >= 0.3 is 17.9 Å². The first-order valence-electron chi connectivity index (χ1n) is 15.6. The Hall–Kier alpha value is -1.79. The highest BCUT2D eigenvalue weighted by molar-refractivity contribution is 5.72. The summed E-state index contributed by atoms with van der Waals surface area (Å²) in [4.78, 5) is 37.9. The van der Waals surface area contributed by atoms with E-state index >= 15 is 0 Å². The number of ether oxygens (including phenoxy) is 7. The first-order chi connectivity index (χ1) is 19.8. The SMILES string of the molecule is CCOC1CC2CC(C3(C)C(C)CC(OC(C)=O)C4(COC(C)=O)C3CC(O)C(OC(=O)C(C)CC)C43CO3)OC2O1. The molecule has 0 amide bonds. The van der Waals surface area contributed by atoms with E-state index in [9.17, 15) is 19.5 Å². The van der Waals surface area contributed by atoms with E-state index in [0.29, 0.717) is 19.4 Å². The van der Waals surface area contributed by atoms with Gasteiger partial charge in [0.25, 0.3) is 0 Å². The molecule has 42 heavy (non-hydrogen) atoms. The third-order valence-electron chi connectivity index (χ3n) is 11.2. The summed E-state index contributed by atoms with van der Waals surface area (Å²) in [7, 11) is 0. The molecular formula is C31H48O11. The number of carbonyl (C=O) groups excluding carboxylic acids is 3. The van der Waals surface area contributed by atoms with Crippen LogP contribution < -0.4 is 0 Å². The van der Waals surface area contributed by atoms with Crippen LogP contribution >= 0.6 is 0 Å². The molecule has 2 saturated carbocycles. The maximum Gasteiger partial charge on any atom is 0.309 e. The van der Waals surface area contributed by atoms with Crippen molar-refractivity contribution in [2.75, 3.05) is 19.8 Å². The Kier molecular flexibility index (Phi) is 8.75. The van der Waals surface area contributed by atoms with Gasteiger partial charge in [-0.25, -0.2) is 0 Å². The molecule has 1 N–H and O–H groups in total. The second-order valence-electron chi connectivity index (χ2n) is 13.4. The monoisotopic (exact) mass is 596 g/mol. The summed E-state index contributed by atoms with van der Waals surface area (Å²) < 4.78 is 42.6. The second kappa shape index (κ2) is 11.6. The number of carbonyl (C=O) groups is 3. The van der Waals surface area contributed by atoms with E-state index in [4.69, 9.17) is 33.2 Å². The van der Waals surface area contributed by atoms with Crippen LogP contribution in [-0.2, 0) is 47.5 Å². The van der Waals surface area contributed by atoms with E-state index in [1.54, 1.807) is 6.92 Å². The lowest BCUT2D eigenvalue weighted by molar-refractivity contribution is -0.290. The molecule has 3 aliphatic heterocycles. The van der Waals surface area contributed by atoms with Crippen LogP contribution in [0.1, 0.15) is 80.6 Å². The highest BCUT2D eigenvalue weighted by Crippen LogP contribution is 2.70. The Morgan fingerprint density at radius 2 is 1.74 bits per heavy atom. The van der Waals surface area contributed by atoms with E-state index in [1.165, 1.54) is 13.8 Å². The quantitative estimate of drug-likeness (QED) is 0.239. The number of fused-ring (bicyclic) bond motifs is 3. The number of aliphatic hydroxyl groups is 1. The maximum absolute atomic E-state index is 13.1. The van der Waals surface area contributed by atoms with Crippen molar-refractivity contribution >= 4 is 17.9 Å². The van der Waals surface area contributed by atoms with Crippen LogP contribution in [0.15, 0.2) is 0 Å². The molecule has 0 aromatic heterocycles. The molecule has 11 nitrogen and oxygen atoms in total. The van der Waals surface area contributed by atoms with E-state index in [1.807, 2.05) is 13.8 Å². The van der Waals surface area contributed by atoms with Crippen LogP contribution in [0.4, 0.5) is 0 Å². The minimum absolute atomic E-state index is 0.00830. The van der Waals surface area contributed by atoms with Crippen molar-refractivity contribution in [2.45, 2.75) is 123 Å². The summed E-state index contributed by atoms with van der Waals surface area (Å²) in [5.41, 5.74) is -2.86. The van der Waals surface area contributed by atoms with Gasteiger partial charge in [0.2, 0.25) is 0 Å². The molecule has 3 saturated heterocycles. The van der Waals surface area contributed by atoms with Crippen molar-refractivity contribution in [3.63, 3.8) is 0 Å². The molecule has 13 atom stereocenters. The number of hydrogen-bond acceptors (Lipinski definition) is 11. The molecule has 11 heteroatoms. The molecule has 1 spiro atoms. The summed E-state index contributed by atoms with van der Waals surface area (Å²) in [6.45, 7) is 13.2. The zero-order chi connectivity index (χ0) is 30.6. The third kappa shape index (κ3) is 4.97. The van der Waals surface area contributed by atoms with Gasteiger partial charge in [0, 0.05) is 38.2 Å². The lowest BCUT2D eigenvalue weighted by atomic mass is 9.41. The molecule has 0 radical (unpaired) electrons. The smallest absolute Gasteiger partial charge is 0.309 e. The van der Waals surface area contributed by atoms with Crippen molar-refractivity contribution in [1.29, 1.82) is 0 Å². The van der Waals surface area contributed by atoms with Gasteiger partial charge in [-0.2, -0.15) is 0 Å². The van der Waals surface area contributed by atoms with E-state index in [2.05, 4.69) is 13.8 Å². The van der Waals surface area contributed by atoms with Gasteiger partial charge in [-0.15, -0.1) is 0 Å². The summed E-state index contributed by atoms with van der Waals surface area (Å²) >= 11 is 0. The van der Waals surface area contributed by atoms with Gasteiger partial charge < -0.3 is 38.3 Å². The molecule has 0 aromatic rings. The Morgan fingerprint density at radius 3 is 2.31 bits per heavy atom. The fourth-order valence-corrected chi connectivity index (χ4v) is 8.62. The number of aliphatic hydroxyl groups excluding tert-OH is 1. The van der Waals surface area contributed by atoms with Gasteiger partial charge in [0.05, 0.1) is 30.1 Å². The standard InChI is InChI=1S/C31H48O11/c1-8-16(3)27(35)42-26-21(34)13-22-29(7,23-11-20-12-25(36-9-2)41-28(20)40-23)17(4)10-24(39-19(6)33)30(22,14-37-18(5)32)31(26)15-38-31/h16-17,20-26,28,34H,8-15H2,1-7H3. The van der Waals surface area contributed by atoms with Crippen molar-refractivity contribution in [2.24, 2.45) is 34.5 Å². The maximum atomic E-state index is 13.1. The molecule has 0 bridgehead atoms. The van der Waals surface area contributed by atoms with Crippen LogP contribution in [-0.4, -0.2) is 85.4 Å². The zero-order valence-corrected chi connectivity index (χ0v) is 26.0. The Bertz CT molecular complexity index is 1030. The Balaban J connectivity index is 1.57. The lowest BCUT2D eigenvalue weighted by Crippen LogP contribution is -2.74. The largest absolute Gasteiger partial charge is 0.465 e. The highest BCUT2D eigenvalue weighted by Gasteiger charge is 2.81. The average molecular weight is 597 g/mol. The van der Waals surface area contributed by atoms with Crippen molar-refractivity contribution in [3.8, 4) is 0 Å².